The molecule has 0 unspecified atom stereocenters. The summed E-state index contributed by atoms with van der Waals surface area (Å²) in [5.41, 5.74) is 1.89. The minimum Gasteiger partial charge on any atom is -0.507 e. The summed E-state index contributed by atoms with van der Waals surface area (Å²) in [6.45, 7) is 0. The van der Waals surface area contributed by atoms with Crippen LogP contribution in [0, 0.1) is 0 Å². The molecule has 26 heavy (non-hydrogen) atoms. The van der Waals surface area contributed by atoms with Gasteiger partial charge in [-0.1, -0.05) is 72.4 Å². The van der Waals surface area contributed by atoms with Crippen molar-refractivity contribution in [3.63, 3.8) is 0 Å². The van der Waals surface area contributed by atoms with Gasteiger partial charge in [0.25, 0.3) is 0 Å². The molecule has 1 aromatic heterocycles. The number of hydrogen-bond donors (Lipinski definition) is 1. The third-order valence-corrected chi connectivity index (χ3v) is 4.97. The molecule has 128 valence electrons. The number of phenolic OH excluding ortho intramolecular Hbond substituents is 1. The molecular weight excluding hydrogens is 344 g/mol. The molecule has 0 radical (unpaired) electrons. The maximum absolute atomic E-state index is 10.2. The van der Waals surface area contributed by atoms with Crippen LogP contribution in [0.1, 0.15) is 11.1 Å². The largest absolute Gasteiger partial charge is 0.507 e. The van der Waals surface area contributed by atoms with Gasteiger partial charge < -0.3 is 5.11 Å². The number of nitrogens with zero attached hydrogens (tertiary/aromatic N) is 4. The topological polar surface area (TPSA) is 63.3 Å². The van der Waals surface area contributed by atoms with Gasteiger partial charge in [0.2, 0.25) is 5.16 Å². The van der Waals surface area contributed by atoms with E-state index in [-0.39, 0.29) is 5.75 Å². The molecule has 0 atom stereocenters. The van der Waals surface area contributed by atoms with Crippen molar-refractivity contribution < 1.29 is 5.11 Å². The van der Waals surface area contributed by atoms with Gasteiger partial charge in [0.05, 0.1) is 6.21 Å². The molecule has 0 aliphatic rings. The Morgan fingerprint density at radius 3 is 2.69 bits per heavy atom. The van der Waals surface area contributed by atoms with Crippen molar-refractivity contribution >= 4 is 28.7 Å². The fourth-order valence-electron chi connectivity index (χ4n) is 2.66. The number of hydrogen-bond acceptors (Lipinski definition) is 5. The van der Waals surface area contributed by atoms with E-state index in [4.69, 9.17) is 0 Å². The molecule has 4 rings (SSSR count). The van der Waals surface area contributed by atoms with Crippen LogP contribution in [0.3, 0.4) is 0 Å². The third kappa shape index (κ3) is 3.45. The maximum atomic E-state index is 10.2. The first-order valence-corrected chi connectivity index (χ1v) is 9.11. The van der Waals surface area contributed by atoms with Crippen molar-refractivity contribution in [2.45, 2.75) is 10.9 Å². The highest BCUT2D eigenvalue weighted by Crippen LogP contribution is 2.26. The van der Waals surface area contributed by atoms with Crippen LogP contribution in [0.4, 0.5) is 0 Å². The molecule has 1 N–H and O–H groups in total. The average Bonchev–Trinajstić information content (AvgIpc) is 3.14. The second-order valence-corrected chi connectivity index (χ2v) is 6.64. The molecule has 1 heterocycles. The van der Waals surface area contributed by atoms with E-state index in [2.05, 4.69) is 27.4 Å². The maximum Gasteiger partial charge on any atom is 0.212 e. The third-order valence-electron chi connectivity index (χ3n) is 3.97. The van der Waals surface area contributed by atoms with E-state index in [1.54, 1.807) is 35.0 Å². The molecule has 0 aliphatic heterocycles. The first-order valence-electron chi connectivity index (χ1n) is 8.13. The summed E-state index contributed by atoms with van der Waals surface area (Å²) in [4.78, 5) is 0. The minimum atomic E-state index is 0.194. The molecule has 6 heteroatoms. The van der Waals surface area contributed by atoms with E-state index in [0.29, 0.717) is 10.7 Å². The Morgan fingerprint density at radius 2 is 1.81 bits per heavy atom. The fourth-order valence-corrected chi connectivity index (χ4v) is 3.48. The van der Waals surface area contributed by atoms with Gasteiger partial charge in [-0.3, -0.25) is 0 Å². The number of rotatable bonds is 5. The Balaban J connectivity index is 1.59. The van der Waals surface area contributed by atoms with E-state index in [9.17, 15) is 5.11 Å². The van der Waals surface area contributed by atoms with E-state index in [0.717, 1.165) is 16.5 Å². The standard InChI is InChI=1S/C20H16N4OS/c25-19-11-10-16-8-4-5-9-17(16)18(19)12-22-24-14-21-23-20(24)26-13-15-6-2-1-3-7-15/h1-12,14,25H,13H2/b22-12+. The monoisotopic (exact) mass is 360 g/mol. The van der Waals surface area contributed by atoms with Crippen molar-refractivity contribution in [3.05, 3.63) is 84.2 Å². The van der Waals surface area contributed by atoms with Crippen LogP contribution in [0.2, 0.25) is 0 Å². The summed E-state index contributed by atoms with van der Waals surface area (Å²) in [5.74, 6) is 0.980. The highest BCUT2D eigenvalue weighted by molar-refractivity contribution is 7.98. The number of thioether (sulfide) groups is 1. The Bertz CT molecular complexity index is 1060. The molecular formula is C20H16N4OS. The quantitative estimate of drug-likeness (QED) is 0.425. The second-order valence-electron chi connectivity index (χ2n) is 5.70. The lowest BCUT2D eigenvalue weighted by molar-refractivity contribution is 0.475. The Kier molecular flexibility index (Phi) is 4.66. The molecule has 0 fully saturated rings. The van der Waals surface area contributed by atoms with Crippen LogP contribution in [0.5, 0.6) is 5.75 Å². The van der Waals surface area contributed by atoms with Gasteiger partial charge in [0, 0.05) is 11.3 Å². The number of benzene rings is 3. The van der Waals surface area contributed by atoms with Crippen molar-refractivity contribution in [2.24, 2.45) is 5.10 Å². The van der Waals surface area contributed by atoms with Crippen LogP contribution in [0.25, 0.3) is 10.8 Å². The van der Waals surface area contributed by atoms with Gasteiger partial charge in [0.1, 0.15) is 12.1 Å². The molecule has 0 saturated heterocycles. The average molecular weight is 360 g/mol. The summed E-state index contributed by atoms with van der Waals surface area (Å²) in [6.07, 6.45) is 3.21. The zero-order chi connectivity index (χ0) is 17.8. The summed E-state index contributed by atoms with van der Waals surface area (Å²) < 4.78 is 1.62. The lowest BCUT2D eigenvalue weighted by atomic mass is 10.0. The van der Waals surface area contributed by atoms with Crippen molar-refractivity contribution in [3.8, 4) is 5.75 Å². The zero-order valence-electron chi connectivity index (χ0n) is 13.9. The van der Waals surface area contributed by atoms with E-state index < -0.39 is 0 Å². The van der Waals surface area contributed by atoms with Gasteiger partial charge >= 0.3 is 0 Å². The van der Waals surface area contributed by atoms with Crippen molar-refractivity contribution in [1.82, 2.24) is 14.9 Å². The van der Waals surface area contributed by atoms with Gasteiger partial charge in [0.15, 0.2) is 0 Å². The molecule has 3 aromatic carbocycles. The minimum absolute atomic E-state index is 0.194. The summed E-state index contributed by atoms with van der Waals surface area (Å²) >= 11 is 1.56. The number of aromatic hydroxyl groups is 1. The molecule has 0 aliphatic carbocycles. The summed E-state index contributed by atoms with van der Waals surface area (Å²) in [5, 5.41) is 25.4. The van der Waals surface area contributed by atoms with Crippen molar-refractivity contribution in [2.75, 3.05) is 0 Å². The second kappa shape index (κ2) is 7.41. The van der Waals surface area contributed by atoms with Crippen LogP contribution in [0.15, 0.2) is 83.3 Å². The molecule has 0 amide bonds. The predicted molar refractivity (Wildman–Crippen MR) is 105 cm³/mol. The molecule has 0 bridgehead atoms. The zero-order valence-corrected chi connectivity index (χ0v) is 14.7. The van der Waals surface area contributed by atoms with Crippen LogP contribution < -0.4 is 0 Å². The van der Waals surface area contributed by atoms with Crippen LogP contribution >= 0.6 is 11.8 Å². The van der Waals surface area contributed by atoms with Crippen LogP contribution in [-0.4, -0.2) is 26.2 Å². The predicted octanol–water partition coefficient (Wildman–Crippen LogP) is 4.31. The van der Waals surface area contributed by atoms with E-state index in [1.807, 2.05) is 48.5 Å². The SMILES string of the molecule is Oc1ccc2ccccc2c1/C=N/n1cnnc1SCc1ccccc1. The first-order chi connectivity index (χ1) is 12.8. The Hall–Kier alpha value is -3.12. The van der Waals surface area contributed by atoms with Crippen molar-refractivity contribution in [1.29, 1.82) is 0 Å². The number of phenols is 1. The lowest BCUT2D eigenvalue weighted by Gasteiger charge is -2.05. The van der Waals surface area contributed by atoms with E-state index >= 15 is 0 Å². The first kappa shape index (κ1) is 16.4. The normalized spacial score (nSPS) is 11.4. The Morgan fingerprint density at radius 1 is 1.00 bits per heavy atom. The van der Waals surface area contributed by atoms with Gasteiger partial charge in [-0.2, -0.15) is 9.78 Å². The number of aromatic nitrogens is 3. The van der Waals surface area contributed by atoms with Crippen LogP contribution in [-0.2, 0) is 5.75 Å². The smallest absolute Gasteiger partial charge is 0.212 e. The summed E-state index contributed by atoms with van der Waals surface area (Å²) in [6, 6.07) is 21.6. The highest BCUT2D eigenvalue weighted by Gasteiger charge is 2.07. The van der Waals surface area contributed by atoms with Gasteiger partial charge in [-0.25, -0.2) is 0 Å². The Labute approximate surface area is 155 Å². The van der Waals surface area contributed by atoms with Gasteiger partial charge in [-0.05, 0) is 22.4 Å². The highest BCUT2D eigenvalue weighted by atomic mass is 32.2. The fraction of sp³-hybridized carbons (Fsp3) is 0.0500. The molecule has 5 nitrogen and oxygen atoms in total. The molecule has 0 saturated carbocycles. The molecule has 4 aromatic rings. The molecule has 0 spiro atoms. The van der Waals surface area contributed by atoms with E-state index in [1.165, 1.54) is 5.56 Å². The van der Waals surface area contributed by atoms with Gasteiger partial charge in [-0.15, -0.1) is 10.2 Å². The lowest BCUT2D eigenvalue weighted by Crippen LogP contribution is -1.94. The summed E-state index contributed by atoms with van der Waals surface area (Å²) in [7, 11) is 0. The number of fused-ring (bicyclic) bond motifs is 1.